The van der Waals surface area contributed by atoms with E-state index in [4.69, 9.17) is 9.16 Å². The Morgan fingerprint density at radius 1 is 1.09 bits per heavy atom. The van der Waals surface area contributed by atoms with Crippen molar-refractivity contribution in [2.24, 2.45) is 0 Å². The van der Waals surface area contributed by atoms with Crippen LogP contribution in [0, 0.1) is 0 Å². The number of amides is 1. The van der Waals surface area contributed by atoms with Crippen molar-refractivity contribution in [1.82, 2.24) is 0 Å². The van der Waals surface area contributed by atoms with Gasteiger partial charge >= 0.3 is 0 Å². The SMILES string of the molecule is COC1=C([Si](C)(C)C)[C@@]2(CCO[Si](C)(C)C(C)(C)C)c3ccccc3N3C(=O)CCC(=C1)[C@H]32. The number of benzene rings is 1. The van der Waals surface area contributed by atoms with Crippen LogP contribution in [0.5, 0.6) is 0 Å². The van der Waals surface area contributed by atoms with Gasteiger partial charge in [0.1, 0.15) is 5.76 Å². The summed E-state index contributed by atoms with van der Waals surface area (Å²) in [7, 11) is -1.93. The Labute approximate surface area is 202 Å². The van der Waals surface area contributed by atoms with Gasteiger partial charge in [-0.2, -0.15) is 0 Å². The Hall–Kier alpha value is -1.64. The van der Waals surface area contributed by atoms with Crippen molar-refractivity contribution in [3.05, 3.63) is 52.4 Å². The maximum Gasteiger partial charge on any atom is 0.227 e. The zero-order valence-electron chi connectivity index (χ0n) is 22.0. The van der Waals surface area contributed by atoms with Crippen LogP contribution in [0.3, 0.4) is 0 Å². The average Bonchev–Trinajstić information content (AvgIpc) is 3.01. The molecule has 4 rings (SSSR count). The van der Waals surface area contributed by atoms with Crippen LogP contribution in [0.4, 0.5) is 5.69 Å². The lowest BCUT2D eigenvalue weighted by Gasteiger charge is -2.50. The van der Waals surface area contributed by atoms with E-state index >= 15 is 0 Å². The smallest absolute Gasteiger partial charge is 0.227 e. The van der Waals surface area contributed by atoms with Gasteiger partial charge in [0.25, 0.3) is 0 Å². The molecule has 0 N–H and O–H groups in total. The molecule has 180 valence electrons. The van der Waals surface area contributed by atoms with E-state index in [-0.39, 0.29) is 22.4 Å². The number of nitrogens with zero attached hydrogens (tertiary/aromatic N) is 1. The first-order valence-electron chi connectivity index (χ1n) is 12.3. The number of carbonyl (C=O) groups excluding carboxylic acids is 1. The third kappa shape index (κ3) is 3.69. The summed E-state index contributed by atoms with van der Waals surface area (Å²) >= 11 is 0. The van der Waals surface area contributed by atoms with Gasteiger partial charge in [-0.25, -0.2) is 0 Å². The van der Waals surface area contributed by atoms with Crippen molar-refractivity contribution in [2.75, 3.05) is 18.6 Å². The molecule has 0 radical (unpaired) electrons. The van der Waals surface area contributed by atoms with Gasteiger partial charge < -0.3 is 14.1 Å². The monoisotopic (exact) mass is 483 g/mol. The van der Waals surface area contributed by atoms with Crippen LogP contribution < -0.4 is 4.90 Å². The molecule has 0 unspecified atom stereocenters. The Kier molecular flexibility index (Phi) is 5.90. The molecule has 0 bridgehead atoms. The first-order valence-corrected chi connectivity index (χ1v) is 18.7. The van der Waals surface area contributed by atoms with Gasteiger partial charge in [0.05, 0.1) is 21.2 Å². The summed E-state index contributed by atoms with van der Waals surface area (Å²) in [6.07, 6.45) is 4.50. The van der Waals surface area contributed by atoms with Gasteiger partial charge in [-0.05, 0) is 59.4 Å². The summed E-state index contributed by atoms with van der Waals surface area (Å²) in [4.78, 5) is 15.4. The quantitative estimate of drug-likeness (QED) is 0.430. The van der Waals surface area contributed by atoms with Gasteiger partial charge in [-0.3, -0.25) is 4.79 Å². The molecule has 6 heteroatoms. The van der Waals surface area contributed by atoms with Crippen molar-refractivity contribution >= 4 is 28.0 Å². The van der Waals surface area contributed by atoms with E-state index in [9.17, 15) is 4.79 Å². The number of piperidine rings is 1. The van der Waals surface area contributed by atoms with Crippen LogP contribution in [0.2, 0.25) is 37.8 Å². The molecule has 0 saturated carbocycles. The summed E-state index contributed by atoms with van der Waals surface area (Å²) in [5.41, 5.74) is 3.41. The molecule has 1 aliphatic carbocycles. The minimum atomic E-state index is -1.89. The zero-order valence-corrected chi connectivity index (χ0v) is 24.0. The maximum atomic E-state index is 13.3. The molecule has 4 nitrogen and oxygen atoms in total. The Morgan fingerprint density at radius 2 is 1.76 bits per heavy atom. The largest absolute Gasteiger partial charge is 0.497 e. The van der Waals surface area contributed by atoms with Gasteiger partial charge in [-0.1, -0.05) is 58.6 Å². The lowest BCUT2D eigenvalue weighted by Crippen LogP contribution is -2.57. The van der Waals surface area contributed by atoms with E-state index in [1.165, 1.54) is 16.3 Å². The minimum Gasteiger partial charge on any atom is -0.497 e. The number of anilines is 1. The second-order valence-electron chi connectivity index (χ2n) is 12.4. The lowest BCUT2D eigenvalue weighted by molar-refractivity contribution is -0.119. The molecule has 33 heavy (non-hydrogen) atoms. The first kappa shape index (κ1) is 24.5. The van der Waals surface area contributed by atoms with Crippen LogP contribution in [-0.4, -0.2) is 42.1 Å². The van der Waals surface area contributed by atoms with E-state index < -0.39 is 16.4 Å². The number of rotatable bonds is 6. The van der Waals surface area contributed by atoms with Gasteiger partial charge in [0, 0.05) is 24.1 Å². The lowest BCUT2D eigenvalue weighted by atomic mass is 9.67. The van der Waals surface area contributed by atoms with E-state index in [1.807, 2.05) is 0 Å². The highest BCUT2D eigenvalue weighted by Gasteiger charge is 2.61. The zero-order chi connectivity index (χ0) is 24.4. The number of para-hydroxylation sites is 1. The number of hydrogen-bond donors (Lipinski definition) is 0. The van der Waals surface area contributed by atoms with E-state index in [0.29, 0.717) is 13.0 Å². The molecule has 2 heterocycles. The third-order valence-electron chi connectivity index (χ3n) is 8.36. The number of carbonyl (C=O) groups is 1. The number of allylic oxidation sites excluding steroid dienone is 1. The second kappa shape index (κ2) is 7.96. The fraction of sp³-hybridized carbons (Fsp3) is 0.593. The second-order valence-corrected chi connectivity index (χ2v) is 22.2. The van der Waals surface area contributed by atoms with Crippen molar-refractivity contribution in [2.45, 2.75) is 89.3 Å². The summed E-state index contributed by atoms with van der Waals surface area (Å²) in [6, 6.07) is 8.63. The molecule has 1 saturated heterocycles. The Morgan fingerprint density at radius 3 is 2.36 bits per heavy atom. The molecule has 0 spiro atoms. The minimum absolute atomic E-state index is 0.0415. The predicted octanol–water partition coefficient (Wildman–Crippen LogP) is 6.56. The number of methoxy groups -OCH3 is 1. The molecular weight excluding hydrogens is 442 g/mol. The average molecular weight is 484 g/mol. The van der Waals surface area contributed by atoms with Crippen molar-refractivity contribution in [1.29, 1.82) is 0 Å². The molecule has 2 aliphatic heterocycles. The van der Waals surface area contributed by atoms with Crippen LogP contribution in [0.15, 0.2) is 46.9 Å². The fourth-order valence-corrected chi connectivity index (χ4v) is 9.69. The summed E-state index contributed by atoms with van der Waals surface area (Å²) < 4.78 is 12.9. The fourth-order valence-electron chi connectivity index (χ4n) is 6.00. The highest BCUT2D eigenvalue weighted by Crippen LogP contribution is 2.60. The summed E-state index contributed by atoms with van der Waals surface area (Å²) in [5.74, 6) is 1.27. The summed E-state index contributed by atoms with van der Waals surface area (Å²) in [6.45, 7) is 19.5. The van der Waals surface area contributed by atoms with Gasteiger partial charge in [-0.15, -0.1) is 0 Å². The number of hydrogen-bond acceptors (Lipinski definition) is 3. The Balaban J connectivity index is 1.91. The molecule has 1 aromatic carbocycles. The van der Waals surface area contributed by atoms with Gasteiger partial charge in [0.2, 0.25) is 5.91 Å². The Bertz CT molecular complexity index is 1030. The van der Waals surface area contributed by atoms with Crippen molar-refractivity contribution < 1.29 is 14.0 Å². The van der Waals surface area contributed by atoms with Gasteiger partial charge in [0.15, 0.2) is 8.32 Å². The molecule has 0 aromatic heterocycles. The number of fused-ring (bicyclic) bond motifs is 3. The standard InChI is InChI=1S/C27H41NO3Si2/c1-26(2,3)33(8,9)31-17-16-27-20-12-10-11-13-21(20)28-23(29)15-14-19(24(27)28)18-22(30-4)25(27)32(5,6)7/h10-13,18,24H,14-17H2,1-9H3/t24-,27-/m0/s1. The molecular formula is C27H41NO3Si2. The molecule has 1 fully saturated rings. The number of ether oxygens (including phenoxy) is 1. The molecule has 1 aromatic rings. The molecule has 1 amide bonds. The topological polar surface area (TPSA) is 38.8 Å². The molecule has 2 atom stereocenters. The molecule has 3 aliphatic rings. The third-order valence-corrected chi connectivity index (χ3v) is 15.1. The van der Waals surface area contributed by atoms with Crippen molar-refractivity contribution in [3.63, 3.8) is 0 Å². The first-order chi connectivity index (χ1) is 15.3. The van der Waals surface area contributed by atoms with Crippen LogP contribution in [-0.2, 0) is 19.4 Å². The van der Waals surface area contributed by atoms with Crippen molar-refractivity contribution in [3.8, 4) is 0 Å². The summed E-state index contributed by atoms with van der Waals surface area (Å²) in [5, 5.41) is 1.59. The van der Waals surface area contributed by atoms with Crippen LogP contribution in [0.1, 0.15) is 45.6 Å². The van der Waals surface area contributed by atoms with E-state index in [0.717, 1.165) is 24.3 Å². The van der Waals surface area contributed by atoms with Crippen LogP contribution in [0.25, 0.3) is 0 Å². The predicted molar refractivity (Wildman–Crippen MR) is 142 cm³/mol. The van der Waals surface area contributed by atoms with E-state index in [1.54, 1.807) is 7.11 Å². The highest BCUT2D eigenvalue weighted by molar-refractivity contribution is 6.83. The van der Waals surface area contributed by atoms with Crippen LogP contribution >= 0.6 is 0 Å². The maximum absolute atomic E-state index is 13.3. The highest BCUT2D eigenvalue weighted by atomic mass is 28.4. The van der Waals surface area contributed by atoms with E-state index in [2.05, 4.69) is 88.7 Å². The normalized spacial score (nSPS) is 25.1.